The molecule has 2 N–H and O–H groups in total. The van der Waals surface area contributed by atoms with Gasteiger partial charge in [-0.25, -0.2) is 27.7 Å². The maximum atomic E-state index is 15.6. The number of thiazole rings is 1. The van der Waals surface area contributed by atoms with Crippen LogP contribution in [0.3, 0.4) is 0 Å². The van der Waals surface area contributed by atoms with Gasteiger partial charge in [-0.3, -0.25) is 14.8 Å². The zero-order valence-electron chi connectivity index (χ0n) is 25.0. The van der Waals surface area contributed by atoms with Gasteiger partial charge in [0.2, 0.25) is 0 Å². The molecule has 238 valence electrons. The van der Waals surface area contributed by atoms with Crippen LogP contribution in [0.4, 0.5) is 13.2 Å². The summed E-state index contributed by atoms with van der Waals surface area (Å²) in [6.07, 6.45) is 2.06. The van der Waals surface area contributed by atoms with Gasteiger partial charge in [0, 0.05) is 43.0 Å². The van der Waals surface area contributed by atoms with Gasteiger partial charge in [-0.05, 0) is 51.3 Å². The number of hydrogen-bond donors (Lipinski definition) is 2. The molecule has 3 aliphatic rings. The Labute approximate surface area is 257 Å². The summed E-state index contributed by atoms with van der Waals surface area (Å²) in [5, 5.41) is 14.8. The minimum atomic E-state index is -3.08. The molecule has 10 nitrogen and oxygen atoms in total. The number of carbonyl (C=O) groups is 2. The fraction of sp³-hybridized carbons (Fsp3) is 0.533. The molecule has 0 saturated carbocycles. The lowest BCUT2D eigenvalue weighted by Gasteiger charge is -2.31. The third-order valence-electron chi connectivity index (χ3n) is 8.36. The van der Waals surface area contributed by atoms with E-state index in [1.165, 1.54) is 31.3 Å². The first-order valence-corrected chi connectivity index (χ1v) is 15.3. The minimum absolute atomic E-state index is 0.0133. The Morgan fingerprint density at radius 2 is 2.05 bits per heavy atom. The Kier molecular flexibility index (Phi) is 9.17. The molecule has 0 amide bonds. The quantitative estimate of drug-likeness (QED) is 0.356. The number of aliphatic carboxylic acids is 1. The maximum absolute atomic E-state index is 15.6. The maximum Gasteiger partial charge on any atom is 0.338 e. The van der Waals surface area contributed by atoms with Crippen molar-refractivity contribution in [1.82, 2.24) is 20.1 Å². The van der Waals surface area contributed by atoms with Gasteiger partial charge < -0.3 is 19.9 Å². The fourth-order valence-electron chi connectivity index (χ4n) is 6.12. The van der Waals surface area contributed by atoms with Crippen molar-refractivity contribution in [3.63, 3.8) is 0 Å². The Morgan fingerprint density at radius 3 is 2.73 bits per heavy atom. The Balaban J connectivity index is 1.47. The predicted octanol–water partition coefficient (Wildman–Crippen LogP) is 3.77. The second kappa shape index (κ2) is 12.6. The average molecular weight is 636 g/mol. The summed E-state index contributed by atoms with van der Waals surface area (Å²) >= 11 is 1.32. The van der Waals surface area contributed by atoms with Crippen LogP contribution in [0.2, 0.25) is 0 Å². The molecule has 0 aliphatic carbocycles. The lowest BCUT2D eigenvalue weighted by Crippen LogP contribution is -2.47. The van der Waals surface area contributed by atoms with E-state index < -0.39 is 53.9 Å². The van der Waals surface area contributed by atoms with Crippen LogP contribution in [0.1, 0.15) is 49.4 Å². The predicted molar refractivity (Wildman–Crippen MR) is 157 cm³/mol. The van der Waals surface area contributed by atoms with Gasteiger partial charge in [-0.1, -0.05) is 12.1 Å². The zero-order chi connectivity index (χ0) is 31.8. The minimum Gasteiger partial charge on any atom is -0.479 e. The van der Waals surface area contributed by atoms with Gasteiger partial charge in [-0.15, -0.1) is 11.3 Å². The van der Waals surface area contributed by atoms with E-state index in [-0.39, 0.29) is 31.9 Å². The summed E-state index contributed by atoms with van der Waals surface area (Å²) in [4.78, 5) is 37.3. The monoisotopic (exact) mass is 635 g/mol. The molecule has 0 spiro atoms. The fourth-order valence-corrected chi connectivity index (χ4v) is 6.71. The summed E-state index contributed by atoms with van der Waals surface area (Å²) in [6.45, 7) is 6.13. The van der Waals surface area contributed by atoms with E-state index in [1.54, 1.807) is 47.4 Å². The van der Waals surface area contributed by atoms with E-state index in [2.05, 4.69) is 10.3 Å². The normalized spacial score (nSPS) is 23.8. The van der Waals surface area contributed by atoms with Gasteiger partial charge in [0.15, 0.2) is 16.4 Å². The number of esters is 1. The third-order valence-corrected chi connectivity index (χ3v) is 9.14. The van der Waals surface area contributed by atoms with Crippen molar-refractivity contribution in [2.75, 3.05) is 39.4 Å². The van der Waals surface area contributed by atoms with Crippen molar-refractivity contribution in [2.45, 2.75) is 63.8 Å². The van der Waals surface area contributed by atoms with E-state index in [9.17, 15) is 19.1 Å². The molecule has 2 fully saturated rings. The number of halogens is 3. The number of amidine groups is 1. The number of ether oxygens (including phenoxy) is 2. The number of fused-ring (bicyclic) bond motifs is 1. The van der Waals surface area contributed by atoms with Crippen LogP contribution in [0.15, 0.2) is 46.0 Å². The number of nitrogens with zero attached hydrogens (tertiary/aromatic N) is 4. The summed E-state index contributed by atoms with van der Waals surface area (Å²) in [6, 6.07) is 1.96. The van der Waals surface area contributed by atoms with E-state index in [4.69, 9.17) is 14.5 Å². The summed E-state index contributed by atoms with van der Waals surface area (Å²) in [5.41, 5.74) is -0.179. The highest BCUT2D eigenvalue weighted by Crippen LogP contribution is 2.43. The SMILES string of the molecule is CCOC(=O)C1=C(CN2CC(F)(F)C3C2CCN3CCOC(C)(C)C(=O)O)NC(c2nccs2)=N[C@H]1c1cccc(F)c1C. The van der Waals surface area contributed by atoms with Crippen molar-refractivity contribution in [3.05, 3.63) is 63.0 Å². The molecule has 3 atom stereocenters. The third kappa shape index (κ3) is 6.25. The molecule has 5 rings (SSSR count). The molecule has 44 heavy (non-hydrogen) atoms. The largest absolute Gasteiger partial charge is 0.479 e. The number of carbonyl (C=O) groups excluding carboxylic acids is 1. The first-order valence-electron chi connectivity index (χ1n) is 14.5. The standard InChI is InChI=1S/C30H36F3N5O5S/c1-5-42-27(39)22-20(35-25(26-34-10-14-44-26)36-23(22)18-7-6-8-19(31)17(18)2)15-38-16-30(32,33)24-21(38)9-11-37(24)12-13-43-29(3,4)28(40)41/h6-8,10,14,21,23-24H,5,9,11-13,15-16H2,1-4H3,(H,35,36)(H,40,41)/t21?,23-,24?/m0/s1. The van der Waals surface area contributed by atoms with Crippen molar-refractivity contribution < 1.29 is 37.3 Å². The number of hydrogen-bond acceptors (Lipinski definition) is 10. The number of aliphatic imine (C=N–C) groups is 1. The van der Waals surface area contributed by atoms with Gasteiger partial charge in [0.25, 0.3) is 5.92 Å². The van der Waals surface area contributed by atoms with E-state index in [0.29, 0.717) is 40.6 Å². The van der Waals surface area contributed by atoms with Crippen LogP contribution in [-0.2, 0) is 19.1 Å². The summed E-state index contributed by atoms with van der Waals surface area (Å²) < 4.78 is 56.9. The summed E-state index contributed by atoms with van der Waals surface area (Å²) in [7, 11) is 0. The molecule has 1 aromatic carbocycles. The van der Waals surface area contributed by atoms with E-state index in [1.807, 2.05) is 0 Å². The van der Waals surface area contributed by atoms with Gasteiger partial charge in [0.1, 0.15) is 11.9 Å². The molecule has 4 heterocycles. The van der Waals surface area contributed by atoms with Crippen LogP contribution in [-0.4, -0.2) is 101 Å². The summed E-state index contributed by atoms with van der Waals surface area (Å²) in [5.74, 6) is -4.98. The highest BCUT2D eigenvalue weighted by molar-refractivity contribution is 7.11. The Hall–Kier alpha value is -3.33. The smallest absolute Gasteiger partial charge is 0.338 e. The van der Waals surface area contributed by atoms with Crippen molar-refractivity contribution in [1.29, 1.82) is 0 Å². The molecule has 0 bridgehead atoms. The highest BCUT2D eigenvalue weighted by atomic mass is 32.1. The number of aromatic nitrogens is 1. The first kappa shape index (κ1) is 32.1. The molecule has 2 aromatic rings. The topological polar surface area (TPSA) is 117 Å². The number of nitrogens with one attached hydrogen (secondary N) is 1. The van der Waals surface area contributed by atoms with Gasteiger partial charge >= 0.3 is 11.9 Å². The average Bonchev–Trinajstić information content (AvgIpc) is 3.69. The Bertz CT molecular complexity index is 1460. The van der Waals surface area contributed by atoms with Crippen LogP contribution in [0, 0.1) is 12.7 Å². The highest BCUT2D eigenvalue weighted by Gasteiger charge is 2.59. The molecular weight excluding hydrogens is 599 g/mol. The van der Waals surface area contributed by atoms with Crippen LogP contribution in [0.5, 0.6) is 0 Å². The number of rotatable bonds is 11. The van der Waals surface area contributed by atoms with Gasteiger partial charge in [0.05, 0.1) is 31.4 Å². The van der Waals surface area contributed by atoms with Crippen molar-refractivity contribution in [3.8, 4) is 0 Å². The number of benzene rings is 1. The number of alkyl halides is 2. The molecule has 14 heteroatoms. The molecule has 2 unspecified atom stereocenters. The van der Waals surface area contributed by atoms with Crippen LogP contribution >= 0.6 is 11.3 Å². The number of likely N-dealkylation sites (tertiary alicyclic amines) is 2. The number of carboxylic acid groups (broad SMARTS) is 1. The van der Waals surface area contributed by atoms with Gasteiger partial charge in [-0.2, -0.15) is 0 Å². The van der Waals surface area contributed by atoms with Crippen LogP contribution in [0.25, 0.3) is 0 Å². The molecular formula is C30H36F3N5O5S. The van der Waals surface area contributed by atoms with Crippen molar-refractivity contribution in [2.24, 2.45) is 4.99 Å². The zero-order valence-corrected chi connectivity index (χ0v) is 25.8. The Morgan fingerprint density at radius 1 is 1.27 bits per heavy atom. The van der Waals surface area contributed by atoms with E-state index in [0.717, 1.165) is 0 Å². The second-order valence-corrected chi connectivity index (χ2v) is 12.5. The van der Waals surface area contributed by atoms with Crippen molar-refractivity contribution >= 4 is 29.1 Å². The van der Waals surface area contributed by atoms with E-state index >= 15 is 8.78 Å². The lowest BCUT2D eigenvalue weighted by atomic mass is 9.92. The van der Waals surface area contributed by atoms with Crippen LogP contribution < -0.4 is 5.32 Å². The molecule has 2 saturated heterocycles. The molecule has 3 aliphatic heterocycles. The lowest BCUT2D eigenvalue weighted by molar-refractivity contribution is -0.162. The first-order chi connectivity index (χ1) is 20.8. The second-order valence-electron chi connectivity index (χ2n) is 11.6. The molecule has 0 radical (unpaired) electrons. The number of carboxylic acids is 1. The molecule has 1 aromatic heterocycles.